The number of piperidine rings is 1. The zero-order valence-corrected chi connectivity index (χ0v) is 22.1. The predicted molar refractivity (Wildman–Crippen MR) is 141 cm³/mol. The van der Waals surface area contributed by atoms with E-state index in [9.17, 15) is 4.79 Å². The molecule has 2 bridgehead atoms. The molecular weight excluding hydrogens is 454 g/mol. The Morgan fingerprint density at radius 3 is 2.37 bits per heavy atom. The Kier molecular flexibility index (Phi) is 7.07. The molecular formula is C28H37N5OS. The first kappa shape index (κ1) is 24.2. The molecule has 186 valence electrons. The molecule has 1 amide bonds. The second kappa shape index (κ2) is 10.2. The van der Waals surface area contributed by atoms with E-state index >= 15 is 0 Å². The molecule has 0 unspecified atom stereocenters. The molecule has 0 aliphatic carbocycles. The van der Waals surface area contributed by atoms with Crippen molar-refractivity contribution in [1.29, 1.82) is 0 Å². The van der Waals surface area contributed by atoms with E-state index in [-0.39, 0.29) is 11.9 Å². The lowest BCUT2D eigenvalue weighted by Crippen LogP contribution is -2.45. The predicted octanol–water partition coefficient (Wildman–Crippen LogP) is 5.81. The van der Waals surface area contributed by atoms with Gasteiger partial charge in [0.1, 0.15) is 11.6 Å². The van der Waals surface area contributed by atoms with Crippen LogP contribution in [0, 0.1) is 13.8 Å². The first-order chi connectivity index (χ1) is 16.9. The summed E-state index contributed by atoms with van der Waals surface area (Å²) in [7, 11) is 0. The summed E-state index contributed by atoms with van der Waals surface area (Å²) in [6.07, 6.45) is 5.78. The van der Waals surface area contributed by atoms with Crippen molar-refractivity contribution >= 4 is 17.2 Å². The Hall–Kier alpha value is -2.51. The molecule has 2 saturated heterocycles. The van der Waals surface area contributed by atoms with E-state index in [1.165, 1.54) is 22.6 Å². The van der Waals surface area contributed by atoms with Crippen molar-refractivity contribution in [2.24, 2.45) is 0 Å². The van der Waals surface area contributed by atoms with Gasteiger partial charge in [0.25, 0.3) is 5.91 Å². The third kappa shape index (κ3) is 5.07. The van der Waals surface area contributed by atoms with E-state index < -0.39 is 0 Å². The van der Waals surface area contributed by atoms with Crippen molar-refractivity contribution in [3.05, 3.63) is 69.4 Å². The lowest BCUT2D eigenvalue weighted by molar-refractivity contribution is 0.0892. The molecule has 0 radical (unpaired) electrons. The summed E-state index contributed by atoms with van der Waals surface area (Å²) in [5, 5.41) is 12.2. The van der Waals surface area contributed by atoms with E-state index in [0.29, 0.717) is 24.0 Å². The highest BCUT2D eigenvalue weighted by Crippen LogP contribution is 2.42. The van der Waals surface area contributed by atoms with Gasteiger partial charge in [-0.15, -0.1) is 21.5 Å². The third-order valence-corrected chi connectivity index (χ3v) is 8.87. The van der Waals surface area contributed by atoms with Crippen LogP contribution in [0.25, 0.3) is 0 Å². The molecule has 2 aliphatic rings. The van der Waals surface area contributed by atoms with Crippen LogP contribution < -0.4 is 5.32 Å². The van der Waals surface area contributed by atoms with E-state index in [4.69, 9.17) is 0 Å². The van der Waals surface area contributed by atoms with Crippen molar-refractivity contribution in [1.82, 2.24) is 25.0 Å². The van der Waals surface area contributed by atoms with Gasteiger partial charge in [-0.3, -0.25) is 9.69 Å². The Labute approximate surface area is 212 Å². The van der Waals surface area contributed by atoms with Crippen LogP contribution in [-0.2, 0) is 0 Å². The zero-order chi connectivity index (χ0) is 24.5. The summed E-state index contributed by atoms with van der Waals surface area (Å²) >= 11 is 1.79. The summed E-state index contributed by atoms with van der Waals surface area (Å²) in [6, 6.07) is 15.6. The second-order valence-corrected chi connectivity index (χ2v) is 11.8. The van der Waals surface area contributed by atoms with Crippen LogP contribution >= 0.6 is 11.3 Å². The number of aromatic nitrogens is 3. The number of thiophene rings is 1. The average Bonchev–Trinajstić information content (AvgIpc) is 3.52. The van der Waals surface area contributed by atoms with Crippen LogP contribution in [0.1, 0.15) is 95.7 Å². The quantitative estimate of drug-likeness (QED) is 0.432. The Balaban J connectivity index is 1.28. The molecule has 3 aromatic rings. The van der Waals surface area contributed by atoms with Gasteiger partial charge in [-0.25, -0.2) is 0 Å². The first-order valence-corrected chi connectivity index (χ1v) is 13.8. The zero-order valence-electron chi connectivity index (χ0n) is 21.3. The van der Waals surface area contributed by atoms with E-state index in [0.717, 1.165) is 43.0 Å². The lowest BCUT2D eigenvalue weighted by Gasteiger charge is -2.40. The maximum Gasteiger partial charge on any atom is 0.251 e. The minimum absolute atomic E-state index is 0.00707. The molecule has 1 aromatic carbocycles. The Bertz CT molecular complexity index is 1140. The Morgan fingerprint density at radius 2 is 1.74 bits per heavy atom. The van der Waals surface area contributed by atoms with E-state index in [1.807, 2.05) is 30.3 Å². The number of aryl methyl sites for hydroxylation is 2. The van der Waals surface area contributed by atoms with Crippen LogP contribution in [0.4, 0.5) is 0 Å². The normalized spacial score (nSPS) is 23.1. The molecule has 2 aromatic heterocycles. The molecule has 5 rings (SSSR count). The molecule has 2 fully saturated rings. The highest BCUT2D eigenvalue weighted by molar-refractivity contribution is 7.12. The Morgan fingerprint density at radius 1 is 1.03 bits per heavy atom. The third-order valence-electron chi connectivity index (χ3n) is 7.76. The van der Waals surface area contributed by atoms with Gasteiger partial charge in [-0.2, -0.15) is 0 Å². The fourth-order valence-electron chi connectivity index (χ4n) is 6.09. The van der Waals surface area contributed by atoms with Crippen molar-refractivity contribution in [3.8, 4) is 0 Å². The monoisotopic (exact) mass is 491 g/mol. The smallest absolute Gasteiger partial charge is 0.251 e. The molecule has 6 nitrogen and oxygen atoms in total. The average molecular weight is 492 g/mol. The van der Waals surface area contributed by atoms with Crippen molar-refractivity contribution in [2.45, 2.75) is 89.9 Å². The van der Waals surface area contributed by atoms with Gasteiger partial charge >= 0.3 is 0 Å². The van der Waals surface area contributed by atoms with Crippen LogP contribution in [-0.4, -0.2) is 44.2 Å². The standard InChI is InChI=1S/C28H37N5OS/c1-18(2)27-31-30-20(4)33(27)24-16-22-11-12-23(17-24)32(22)15-14-25(26-13-10-19(3)35-26)29-28(34)21-8-6-5-7-9-21/h5-10,13,18,22-25H,11-12,14-17H2,1-4H3,(H,29,34)/t22-,23+,24-,25-/m0/s1. The molecule has 4 atom stereocenters. The number of hydrogen-bond acceptors (Lipinski definition) is 5. The number of nitrogens with one attached hydrogen (secondary N) is 1. The van der Waals surface area contributed by atoms with Crippen LogP contribution in [0.5, 0.6) is 0 Å². The van der Waals surface area contributed by atoms with Gasteiger partial charge in [-0.1, -0.05) is 32.0 Å². The lowest BCUT2D eigenvalue weighted by atomic mass is 9.95. The molecule has 0 spiro atoms. The maximum absolute atomic E-state index is 13.0. The summed E-state index contributed by atoms with van der Waals surface area (Å²) < 4.78 is 2.42. The van der Waals surface area contributed by atoms with Crippen molar-refractivity contribution in [2.75, 3.05) is 6.54 Å². The first-order valence-electron chi connectivity index (χ1n) is 13.0. The van der Waals surface area contributed by atoms with Gasteiger partial charge < -0.3 is 9.88 Å². The highest BCUT2D eigenvalue weighted by Gasteiger charge is 2.42. The molecule has 35 heavy (non-hydrogen) atoms. The minimum Gasteiger partial charge on any atom is -0.344 e. The van der Waals surface area contributed by atoms with Gasteiger partial charge in [-0.05, 0) is 70.2 Å². The number of carbonyl (C=O) groups excluding carboxylic acids is 1. The fourth-order valence-corrected chi connectivity index (χ4v) is 7.05. The number of nitrogens with zero attached hydrogens (tertiary/aromatic N) is 4. The second-order valence-electron chi connectivity index (χ2n) is 10.5. The number of benzene rings is 1. The van der Waals surface area contributed by atoms with Crippen LogP contribution in [0.15, 0.2) is 42.5 Å². The topological polar surface area (TPSA) is 63.1 Å². The van der Waals surface area contributed by atoms with Crippen molar-refractivity contribution in [3.63, 3.8) is 0 Å². The number of fused-ring (bicyclic) bond motifs is 2. The van der Waals surface area contributed by atoms with Crippen LogP contribution in [0.3, 0.4) is 0 Å². The summed E-state index contributed by atoms with van der Waals surface area (Å²) in [6.45, 7) is 9.65. The number of rotatable bonds is 8. The molecule has 7 heteroatoms. The molecule has 0 saturated carbocycles. The number of amides is 1. The summed E-state index contributed by atoms with van der Waals surface area (Å²) in [5.74, 6) is 2.56. The SMILES string of the molecule is Cc1ccc([C@H](CCN2[C@@H]3CC[C@H]2C[C@H](n2c(C)nnc2C(C)C)C3)NC(=O)c2ccccc2)s1. The molecule has 2 aliphatic heterocycles. The maximum atomic E-state index is 13.0. The number of hydrogen-bond donors (Lipinski definition) is 1. The number of carbonyl (C=O) groups is 1. The summed E-state index contributed by atoms with van der Waals surface area (Å²) in [4.78, 5) is 18.2. The van der Waals surface area contributed by atoms with Gasteiger partial charge in [0.15, 0.2) is 0 Å². The summed E-state index contributed by atoms with van der Waals surface area (Å²) in [5.41, 5.74) is 0.719. The molecule has 1 N–H and O–H groups in total. The van der Waals surface area contributed by atoms with Crippen LogP contribution in [0.2, 0.25) is 0 Å². The highest BCUT2D eigenvalue weighted by atomic mass is 32.1. The van der Waals surface area contributed by atoms with Crippen molar-refractivity contribution < 1.29 is 4.79 Å². The van der Waals surface area contributed by atoms with E-state index in [2.05, 4.69) is 64.8 Å². The minimum atomic E-state index is 0.00707. The largest absolute Gasteiger partial charge is 0.344 e. The van der Waals surface area contributed by atoms with Gasteiger partial charge in [0, 0.05) is 45.9 Å². The van der Waals surface area contributed by atoms with E-state index in [1.54, 1.807) is 11.3 Å². The fraction of sp³-hybridized carbons (Fsp3) is 0.536. The molecule has 4 heterocycles. The van der Waals surface area contributed by atoms with Gasteiger partial charge in [0.2, 0.25) is 0 Å². The van der Waals surface area contributed by atoms with Gasteiger partial charge in [0.05, 0.1) is 6.04 Å².